The van der Waals surface area contributed by atoms with Gasteiger partial charge in [-0.15, -0.1) is 5.10 Å². The SMILES string of the molecule is CC/C(Cc1ccccc1)=N/N=C(N)N. The molecule has 0 aliphatic heterocycles. The van der Waals surface area contributed by atoms with E-state index in [1.165, 1.54) is 5.56 Å². The van der Waals surface area contributed by atoms with Crippen molar-refractivity contribution in [3.8, 4) is 0 Å². The molecule has 0 aromatic heterocycles. The van der Waals surface area contributed by atoms with Crippen molar-refractivity contribution in [2.75, 3.05) is 0 Å². The maximum Gasteiger partial charge on any atom is 0.211 e. The number of rotatable bonds is 4. The van der Waals surface area contributed by atoms with Crippen LogP contribution < -0.4 is 11.5 Å². The molecule has 1 aromatic rings. The van der Waals surface area contributed by atoms with Crippen LogP contribution in [0.2, 0.25) is 0 Å². The van der Waals surface area contributed by atoms with Gasteiger partial charge in [-0.3, -0.25) is 0 Å². The fraction of sp³-hybridized carbons (Fsp3) is 0.273. The molecule has 0 bridgehead atoms. The van der Waals surface area contributed by atoms with Gasteiger partial charge in [0.2, 0.25) is 5.96 Å². The Bertz CT molecular complexity index is 350. The van der Waals surface area contributed by atoms with E-state index in [9.17, 15) is 0 Å². The lowest BCUT2D eigenvalue weighted by molar-refractivity contribution is 1.10. The molecule has 0 aliphatic rings. The molecule has 1 aromatic carbocycles. The summed E-state index contributed by atoms with van der Waals surface area (Å²) in [5, 5.41) is 7.64. The van der Waals surface area contributed by atoms with E-state index in [1.807, 2.05) is 25.1 Å². The van der Waals surface area contributed by atoms with Crippen LogP contribution in [0, 0.1) is 0 Å². The van der Waals surface area contributed by atoms with E-state index in [0.29, 0.717) is 0 Å². The molecule has 15 heavy (non-hydrogen) atoms. The van der Waals surface area contributed by atoms with Gasteiger partial charge in [-0.1, -0.05) is 37.3 Å². The van der Waals surface area contributed by atoms with Crippen LogP contribution in [0.25, 0.3) is 0 Å². The van der Waals surface area contributed by atoms with Gasteiger partial charge >= 0.3 is 0 Å². The van der Waals surface area contributed by atoms with E-state index >= 15 is 0 Å². The monoisotopic (exact) mass is 204 g/mol. The first-order chi connectivity index (χ1) is 7.22. The topological polar surface area (TPSA) is 76.8 Å². The molecule has 0 atom stereocenters. The summed E-state index contributed by atoms with van der Waals surface area (Å²) in [4.78, 5) is 0. The molecule has 4 N–H and O–H groups in total. The zero-order valence-corrected chi connectivity index (χ0v) is 8.85. The molecule has 0 amide bonds. The average molecular weight is 204 g/mol. The summed E-state index contributed by atoms with van der Waals surface area (Å²) in [6, 6.07) is 10.1. The van der Waals surface area contributed by atoms with Crippen LogP contribution in [0.4, 0.5) is 0 Å². The Morgan fingerprint density at radius 1 is 1.13 bits per heavy atom. The number of benzene rings is 1. The maximum atomic E-state index is 5.21. The van der Waals surface area contributed by atoms with Gasteiger partial charge in [0.05, 0.1) is 0 Å². The summed E-state index contributed by atoms with van der Waals surface area (Å²) in [6.45, 7) is 2.03. The highest BCUT2D eigenvalue weighted by Crippen LogP contribution is 2.03. The normalized spacial score (nSPS) is 11.1. The molecule has 0 spiro atoms. The van der Waals surface area contributed by atoms with E-state index in [-0.39, 0.29) is 5.96 Å². The van der Waals surface area contributed by atoms with Crippen LogP contribution in [0.1, 0.15) is 18.9 Å². The summed E-state index contributed by atoms with van der Waals surface area (Å²) in [5.41, 5.74) is 12.6. The predicted octanol–water partition coefficient (Wildman–Crippen LogP) is 1.27. The van der Waals surface area contributed by atoms with Crippen LogP contribution in [-0.4, -0.2) is 11.7 Å². The fourth-order valence-corrected chi connectivity index (χ4v) is 1.19. The molecule has 0 radical (unpaired) electrons. The molecule has 0 unspecified atom stereocenters. The Labute approximate surface area is 89.7 Å². The van der Waals surface area contributed by atoms with Gasteiger partial charge < -0.3 is 11.5 Å². The van der Waals surface area contributed by atoms with Crippen LogP contribution >= 0.6 is 0 Å². The lowest BCUT2D eigenvalue weighted by Crippen LogP contribution is -2.22. The van der Waals surface area contributed by atoms with Crippen molar-refractivity contribution in [3.05, 3.63) is 35.9 Å². The van der Waals surface area contributed by atoms with E-state index in [1.54, 1.807) is 0 Å². The molecular formula is C11H16N4. The zero-order valence-electron chi connectivity index (χ0n) is 8.85. The summed E-state index contributed by atoms with van der Waals surface area (Å²) in [6.07, 6.45) is 1.62. The van der Waals surface area contributed by atoms with E-state index in [2.05, 4.69) is 22.3 Å². The second-order valence-electron chi connectivity index (χ2n) is 3.21. The molecule has 0 saturated carbocycles. The molecule has 0 fully saturated rings. The zero-order chi connectivity index (χ0) is 11.1. The number of nitrogens with zero attached hydrogens (tertiary/aromatic N) is 2. The minimum atomic E-state index is -0.00554. The highest BCUT2D eigenvalue weighted by molar-refractivity contribution is 5.87. The van der Waals surface area contributed by atoms with Crippen molar-refractivity contribution < 1.29 is 0 Å². The van der Waals surface area contributed by atoms with Gasteiger partial charge in [-0.05, 0) is 12.0 Å². The fourth-order valence-electron chi connectivity index (χ4n) is 1.19. The molecule has 80 valence electrons. The first-order valence-corrected chi connectivity index (χ1v) is 4.90. The molecule has 0 aliphatic carbocycles. The van der Waals surface area contributed by atoms with Crippen LogP contribution in [-0.2, 0) is 6.42 Å². The summed E-state index contributed by atoms with van der Waals surface area (Å²) >= 11 is 0. The highest BCUT2D eigenvalue weighted by Gasteiger charge is 1.98. The van der Waals surface area contributed by atoms with Crippen molar-refractivity contribution in [2.45, 2.75) is 19.8 Å². The summed E-state index contributed by atoms with van der Waals surface area (Å²) < 4.78 is 0. The predicted molar refractivity (Wildman–Crippen MR) is 63.7 cm³/mol. The van der Waals surface area contributed by atoms with E-state index in [4.69, 9.17) is 11.5 Å². The van der Waals surface area contributed by atoms with Crippen LogP contribution in [0.3, 0.4) is 0 Å². The van der Waals surface area contributed by atoms with Crippen molar-refractivity contribution in [1.82, 2.24) is 0 Å². The number of guanidine groups is 1. The second-order valence-corrected chi connectivity index (χ2v) is 3.21. The molecule has 1 rings (SSSR count). The van der Waals surface area contributed by atoms with Crippen molar-refractivity contribution in [1.29, 1.82) is 0 Å². The van der Waals surface area contributed by atoms with Gasteiger partial charge in [-0.2, -0.15) is 5.10 Å². The maximum absolute atomic E-state index is 5.21. The molecule has 4 heteroatoms. The third-order valence-electron chi connectivity index (χ3n) is 1.97. The minimum Gasteiger partial charge on any atom is -0.369 e. The minimum absolute atomic E-state index is 0.00554. The Morgan fingerprint density at radius 2 is 1.80 bits per heavy atom. The van der Waals surface area contributed by atoms with Crippen LogP contribution in [0.5, 0.6) is 0 Å². The van der Waals surface area contributed by atoms with Crippen molar-refractivity contribution in [2.24, 2.45) is 21.7 Å². The Kier molecular flexibility index (Phi) is 4.34. The van der Waals surface area contributed by atoms with Gasteiger partial charge in [0.15, 0.2) is 0 Å². The van der Waals surface area contributed by atoms with Crippen LogP contribution in [0.15, 0.2) is 40.5 Å². The number of hydrogen-bond acceptors (Lipinski definition) is 2. The van der Waals surface area contributed by atoms with Crippen molar-refractivity contribution in [3.63, 3.8) is 0 Å². The third kappa shape index (κ3) is 4.26. The molecule has 0 heterocycles. The standard InChI is InChI=1S/C11H16N4/c1-2-10(14-15-11(12)13)8-9-6-4-3-5-7-9/h3-7H,2,8H2,1H3,(H4,12,13,15)/b14-10-. The molecule has 0 saturated heterocycles. The Hall–Kier alpha value is -1.84. The summed E-state index contributed by atoms with van der Waals surface area (Å²) in [5.74, 6) is -0.00554. The average Bonchev–Trinajstić information content (AvgIpc) is 2.25. The van der Waals surface area contributed by atoms with E-state index in [0.717, 1.165) is 18.6 Å². The Balaban J connectivity index is 2.70. The first-order valence-electron chi connectivity index (χ1n) is 4.90. The number of hydrogen-bond donors (Lipinski definition) is 2. The molecular weight excluding hydrogens is 188 g/mol. The van der Waals surface area contributed by atoms with Gasteiger partial charge in [0.25, 0.3) is 0 Å². The summed E-state index contributed by atoms with van der Waals surface area (Å²) in [7, 11) is 0. The number of nitrogens with two attached hydrogens (primary N) is 2. The quantitative estimate of drug-likeness (QED) is 0.440. The largest absolute Gasteiger partial charge is 0.369 e. The Morgan fingerprint density at radius 3 is 2.33 bits per heavy atom. The first kappa shape index (κ1) is 11.2. The van der Waals surface area contributed by atoms with E-state index < -0.39 is 0 Å². The lowest BCUT2D eigenvalue weighted by atomic mass is 10.1. The smallest absolute Gasteiger partial charge is 0.211 e. The lowest BCUT2D eigenvalue weighted by Gasteiger charge is -2.01. The molecule has 4 nitrogen and oxygen atoms in total. The van der Waals surface area contributed by atoms with Gasteiger partial charge in [0.1, 0.15) is 0 Å². The third-order valence-corrected chi connectivity index (χ3v) is 1.97. The second kappa shape index (κ2) is 5.80. The van der Waals surface area contributed by atoms with Crippen molar-refractivity contribution >= 4 is 11.7 Å². The highest BCUT2D eigenvalue weighted by atomic mass is 15.3. The van der Waals surface area contributed by atoms with Gasteiger partial charge in [0, 0.05) is 12.1 Å². The van der Waals surface area contributed by atoms with Gasteiger partial charge in [-0.25, -0.2) is 0 Å².